The monoisotopic (exact) mass is 353 g/mol. The molecule has 24 heavy (non-hydrogen) atoms. The number of likely N-dealkylation sites (N-methyl/N-ethyl adjacent to an activating group) is 1. The molecule has 5 nitrogen and oxygen atoms in total. The second kappa shape index (κ2) is 6.46. The van der Waals surface area contributed by atoms with Gasteiger partial charge < -0.3 is 5.32 Å². The Morgan fingerprint density at radius 1 is 1.12 bits per heavy atom. The fourth-order valence-electron chi connectivity index (χ4n) is 2.69. The number of para-hydroxylation sites is 1. The van der Waals surface area contributed by atoms with Crippen molar-refractivity contribution in [1.82, 2.24) is 9.62 Å². The lowest BCUT2D eigenvalue weighted by atomic mass is 10.1. The van der Waals surface area contributed by atoms with Crippen molar-refractivity contribution in [2.45, 2.75) is 6.54 Å². The Balaban J connectivity index is 2.19. The molecule has 128 valence electrons. The van der Waals surface area contributed by atoms with Gasteiger partial charge in [-0.3, -0.25) is 0 Å². The van der Waals surface area contributed by atoms with Gasteiger partial charge in [0.25, 0.3) is 0 Å². The van der Waals surface area contributed by atoms with Crippen LogP contribution in [0.25, 0.3) is 0 Å². The van der Waals surface area contributed by atoms with E-state index < -0.39 is 21.8 Å². The van der Waals surface area contributed by atoms with Gasteiger partial charge in [-0.05, 0) is 42.9 Å². The first-order chi connectivity index (χ1) is 11.4. The summed E-state index contributed by atoms with van der Waals surface area (Å²) in [6.07, 6.45) is 0. The number of rotatable bonds is 4. The van der Waals surface area contributed by atoms with E-state index in [-0.39, 0.29) is 24.5 Å². The second-order valence-electron chi connectivity index (χ2n) is 5.43. The number of benzene rings is 2. The first-order valence-corrected chi connectivity index (χ1v) is 8.83. The normalized spacial score (nSPS) is 16.9. The highest BCUT2D eigenvalue weighted by Crippen LogP contribution is 2.39. The summed E-state index contributed by atoms with van der Waals surface area (Å²) in [5, 5.41) is 2.88. The van der Waals surface area contributed by atoms with E-state index in [9.17, 15) is 17.2 Å². The SMILES string of the molecule is CNCCN1Cc2cc(F)ccc2N(c2ccccc2F)S1(=O)=O. The lowest BCUT2D eigenvalue weighted by molar-refractivity contribution is 0.397. The van der Waals surface area contributed by atoms with E-state index >= 15 is 0 Å². The summed E-state index contributed by atoms with van der Waals surface area (Å²) in [7, 11) is -2.27. The standard InChI is InChI=1S/C16H17F2N3O2S/c1-19-8-9-20-11-12-10-13(17)6-7-15(12)21(24(20,22)23)16-5-3-2-4-14(16)18/h2-7,10,19H,8-9,11H2,1H3. The van der Waals surface area contributed by atoms with Gasteiger partial charge in [0.15, 0.2) is 0 Å². The lowest BCUT2D eigenvalue weighted by Crippen LogP contribution is -2.47. The van der Waals surface area contributed by atoms with Gasteiger partial charge in [-0.1, -0.05) is 12.1 Å². The highest BCUT2D eigenvalue weighted by Gasteiger charge is 2.38. The van der Waals surface area contributed by atoms with Crippen LogP contribution < -0.4 is 9.62 Å². The summed E-state index contributed by atoms with van der Waals surface area (Å²) >= 11 is 0. The van der Waals surface area contributed by atoms with Crippen LogP contribution in [0.1, 0.15) is 5.56 Å². The molecule has 8 heteroatoms. The first-order valence-electron chi connectivity index (χ1n) is 7.43. The van der Waals surface area contributed by atoms with E-state index in [0.717, 1.165) is 4.31 Å². The molecule has 0 aliphatic carbocycles. The summed E-state index contributed by atoms with van der Waals surface area (Å²) in [6, 6.07) is 9.45. The summed E-state index contributed by atoms with van der Waals surface area (Å²) in [5.41, 5.74) is 0.672. The predicted molar refractivity (Wildman–Crippen MR) is 88.2 cm³/mol. The Labute approximate surface area is 139 Å². The van der Waals surface area contributed by atoms with Crippen molar-refractivity contribution in [2.24, 2.45) is 0 Å². The van der Waals surface area contributed by atoms with Crippen LogP contribution in [0.2, 0.25) is 0 Å². The fourth-order valence-corrected chi connectivity index (χ4v) is 4.37. The van der Waals surface area contributed by atoms with Crippen LogP contribution in [0, 0.1) is 11.6 Å². The maximum Gasteiger partial charge on any atom is 0.308 e. The Morgan fingerprint density at radius 2 is 1.88 bits per heavy atom. The molecule has 1 N–H and O–H groups in total. The van der Waals surface area contributed by atoms with Crippen LogP contribution >= 0.6 is 0 Å². The summed E-state index contributed by atoms with van der Waals surface area (Å²) in [6.45, 7) is 0.663. The molecule has 0 saturated heterocycles. The Kier molecular flexibility index (Phi) is 4.53. The smallest absolute Gasteiger partial charge is 0.308 e. The van der Waals surface area contributed by atoms with Crippen LogP contribution in [-0.2, 0) is 16.8 Å². The van der Waals surface area contributed by atoms with Crippen molar-refractivity contribution in [1.29, 1.82) is 0 Å². The Bertz CT molecular complexity index is 858. The summed E-state index contributed by atoms with van der Waals surface area (Å²) in [4.78, 5) is 0. The molecule has 1 aliphatic rings. The van der Waals surface area contributed by atoms with Gasteiger partial charge in [-0.25, -0.2) is 13.1 Å². The molecule has 2 aromatic rings. The van der Waals surface area contributed by atoms with Crippen LogP contribution in [-0.4, -0.2) is 32.9 Å². The van der Waals surface area contributed by atoms with Gasteiger partial charge >= 0.3 is 10.2 Å². The Morgan fingerprint density at radius 3 is 2.58 bits per heavy atom. The van der Waals surface area contributed by atoms with Gasteiger partial charge in [-0.2, -0.15) is 12.7 Å². The van der Waals surface area contributed by atoms with E-state index in [1.807, 2.05) is 0 Å². The molecule has 0 atom stereocenters. The van der Waals surface area contributed by atoms with Gasteiger partial charge in [0.05, 0.1) is 11.4 Å². The zero-order valence-electron chi connectivity index (χ0n) is 13.0. The quantitative estimate of drug-likeness (QED) is 0.918. The minimum Gasteiger partial charge on any atom is -0.318 e. The van der Waals surface area contributed by atoms with Crippen molar-refractivity contribution in [3.8, 4) is 0 Å². The zero-order chi connectivity index (χ0) is 17.3. The topological polar surface area (TPSA) is 52.6 Å². The molecule has 0 saturated carbocycles. The third-order valence-corrected chi connectivity index (χ3v) is 5.67. The third-order valence-electron chi connectivity index (χ3n) is 3.85. The lowest BCUT2D eigenvalue weighted by Gasteiger charge is -2.37. The molecule has 0 amide bonds. The minimum absolute atomic E-state index is 0.0437. The van der Waals surface area contributed by atoms with E-state index in [2.05, 4.69) is 5.32 Å². The van der Waals surface area contributed by atoms with Crippen LogP contribution in [0.4, 0.5) is 20.2 Å². The first kappa shape index (κ1) is 16.8. The van der Waals surface area contributed by atoms with Crippen molar-refractivity contribution >= 4 is 21.6 Å². The Hall–Kier alpha value is -2.03. The van der Waals surface area contributed by atoms with Gasteiger partial charge in [0, 0.05) is 19.6 Å². The van der Waals surface area contributed by atoms with Crippen molar-refractivity contribution in [2.75, 3.05) is 24.4 Å². The minimum atomic E-state index is -3.97. The maximum absolute atomic E-state index is 14.3. The number of anilines is 2. The average Bonchev–Trinajstić information content (AvgIpc) is 2.54. The van der Waals surface area contributed by atoms with E-state index in [0.29, 0.717) is 12.1 Å². The molecule has 0 unspecified atom stereocenters. The largest absolute Gasteiger partial charge is 0.318 e. The second-order valence-corrected chi connectivity index (χ2v) is 7.21. The van der Waals surface area contributed by atoms with Gasteiger partial charge in [0.1, 0.15) is 11.6 Å². The van der Waals surface area contributed by atoms with Crippen LogP contribution in [0.15, 0.2) is 42.5 Å². The third kappa shape index (κ3) is 2.88. The van der Waals surface area contributed by atoms with E-state index in [1.165, 1.54) is 40.7 Å². The molecule has 1 aliphatic heterocycles. The number of fused-ring (bicyclic) bond motifs is 1. The molecule has 0 fully saturated rings. The van der Waals surface area contributed by atoms with Gasteiger partial charge in [0.2, 0.25) is 0 Å². The summed E-state index contributed by atoms with van der Waals surface area (Å²) in [5.74, 6) is -1.12. The molecule has 2 aromatic carbocycles. The highest BCUT2D eigenvalue weighted by molar-refractivity contribution is 7.90. The summed E-state index contributed by atoms with van der Waals surface area (Å²) < 4.78 is 56.0. The van der Waals surface area contributed by atoms with Crippen LogP contribution in [0.5, 0.6) is 0 Å². The molecule has 0 radical (unpaired) electrons. The van der Waals surface area contributed by atoms with Crippen molar-refractivity contribution < 1.29 is 17.2 Å². The van der Waals surface area contributed by atoms with Gasteiger partial charge in [-0.15, -0.1) is 0 Å². The molecular weight excluding hydrogens is 336 g/mol. The number of halogens is 2. The molecule has 3 rings (SSSR count). The zero-order valence-corrected chi connectivity index (χ0v) is 13.9. The van der Waals surface area contributed by atoms with Crippen molar-refractivity contribution in [3.63, 3.8) is 0 Å². The fraction of sp³-hybridized carbons (Fsp3) is 0.250. The van der Waals surface area contributed by atoms with Crippen molar-refractivity contribution in [3.05, 3.63) is 59.7 Å². The number of nitrogens with zero attached hydrogens (tertiary/aromatic N) is 2. The molecular formula is C16H17F2N3O2S. The molecule has 0 spiro atoms. The number of nitrogens with one attached hydrogen (secondary N) is 1. The van der Waals surface area contributed by atoms with Crippen LogP contribution in [0.3, 0.4) is 0 Å². The molecule has 0 bridgehead atoms. The van der Waals surface area contributed by atoms with E-state index in [4.69, 9.17) is 0 Å². The molecule has 1 heterocycles. The average molecular weight is 353 g/mol. The van der Waals surface area contributed by atoms with E-state index in [1.54, 1.807) is 13.1 Å². The highest BCUT2D eigenvalue weighted by atomic mass is 32.2. The number of hydrogen-bond donors (Lipinski definition) is 1. The predicted octanol–water partition coefficient (Wildman–Crippen LogP) is 2.38. The molecule has 0 aromatic heterocycles. The maximum atomic E-state index is 14.3. The number of hydrogen-bond acceptors (Lipinski definition) is 3.